The molecule has 1 atom stereocenters. The number of benzene rings is 1. The number of hydrogen-bond acceptors (Lipinski definition) is 3. The Hall–Kier alpha value is -1.94. The minimum absolute atomic E-state index is 0.0653. The van der Waals surface area contributed by atoms with Crippen LogP contribution in [0.15, 0.2) is 47.3 Å². The maximum atomic E-state index is 11.8. The van der Waals surface area contributed by atoms with Crippen LogP contribution in [-0.2, 0) is 6.54 Å². The van der Waals surface area contributed by atoms with Crippen molar-refractivity contribution in [1.29, 1.82) is 0 Å². The van der Waals surface area contributed by atoms with Gasteiger partial charge in [0.15, 0.2) is 0 Å². The normalized spacial score (nSPS) is 12.3. The SMILES string of the molecule is CCNC(Cn1nc(C)ccc1=O)c1ccccc1. The fourth-order valence-corrected chi connectivity index (χ4v) is 2.07. The van der Waals surface area contributed by atoms with E-state index in [4.69, 9.17) is 0 Å². The van der Waals surface area contributed by atoms with Gasteiger partial charge in [0.1, 0.15) is 0 Å². The lowest BCUT2D eigenvalue weighted by Gasteiger charge is -2.19. The van der Waals surface area contributed by atoms with E-state index >= 15 is 0 Å². The highest BCUT2D eigenvalue weighted by atomic mass is 16.1. The van der Waals surface area contributed by atoms with E-state index in [0.29, 0.717) is 6.54 Å². The third-order valence-electron chi connectivity index (χ3n) is 3.01. The fraction of sp³-hybridized carbons (Fsp3) is 0.333. The number of aromatic nitrogens is 2. The van der Waals surface area contributed by atoms with Crippen molar-refractivity contribution in [3.8, 4) is 0 Å². The molecule has 1 N–H and O–H groups in total. The predicted molar refractivity (Wildman–Crippen MR) is 76.1 cm³/mol. The predicted octanol–water partition coefficient (Wildman–Crippen LogP) is 1.90. The van der Waals surface area contributed by atoms with Crippen LogP contribution < -0.4 is 10.9 Å². The van der Waals surface area contributed by atoms with E-state index in [1.807, 2.05) is 25.1 Å². The molecule has 1 unspecified atom stereocenters. The molecule has 19 heavy (non-hydrogen) atoms. The zero-order valence-electron chi connectivity index (χ0n) is 11.3. The van der Waals surface area contributed by atoms with Crippen LogP contribution in [0.3, 0.4) is 0 Å². The van der Waals surface area contributed by atoms with Crippen molar-refractivity contribution in [3.63, 3.8) is 0 Å². The van der Waals surface area contributed by atoms with Crippen LogP contribution >= 0.6 is 0 Å². The summed E-state index contributed by atoms with van der Waals surface area (Å²) in [6, 6.07) is 13.5. The lowest BCUT2D eigenvalue weighted by molar-refractivity contribution is 0.432. The summed E-state index contributed by atoms with van der Waals surface area (Å²) in [4.78, 5) is 11.8. The van der Waals surface area contributed by atoms with Gasteiger partial charge in [-0.3, -0.25) is 4.79 Å². The van der Waals surface area contributed by atoms with Crippen molar-refractivity contribution in [2.75, 3.05) is 6.54 Å². The van der Waals surface area contributed by atoms with Crippen LogP contribution in [-0.4, -0.2) is 16.3 Å². The molecule has 0 aliphatic rings. The molecule has 1 aromatic heterocycles. The Labute approximate surface area is 113 Å². The van der Waals surface area contributed by atoms with Crippen LogP contribution in [0.5, 0.6) is 0 Å². The Morgan fingerprint density at radius 3 is 2.63 bits per heavy atom. The minimum atomic E-state index is -0.0653. The van der Waals surface area contributed by atoms with E-state index in [9.17, 15) is 4.79 Å². The molecule has 4 heteroatoms. The van der Waals surface area contributed by atoms with Gasteiger partial charge in [0.25, 0.3) is 5.56 Å². The summed E-state index contributed by atoms with van der Waals surface area (Å²) in [5, 5.41) is 7.68. The molecule has 2 aromatic rings. The van der Waals surface area contributed by atoms with Crippen LogP contribution in [0, 0.1) is 6.92 Å². The number of nitrogens with one attached hydrogen (secondary N) is 1. The molecular formula is C15H19N3O. The molecule has 100 valence electrons. The Balaban J connectivity index is 2.26. The Kier molecular flexibility index (Phi) is 4.47. The van der Waals surface area contributed by atoms with E-state index in [1.54, 1.807) is 12.1 Å². The summed E-state index contributed by atoms with van der Waals surface area (Å²) in [5.74, 6) is 0. The smallest absolute Gasteiger partial charge is 0.266 e. The molecule has 2 rings (SSSR count). The monoisotopic (exact) mass is 257 g/mol. The van der Waals surface area contributed by atoms with Gasteiger partial charge in [-0.1, -0.05) is 37.3 Å². The van der Waals surface area contributed by atoms with Gasteiger partial charge in [-0.2, -0.15) is 5.10 Å². The molecule has 0 spiro atoms. The first-order valence-corrected chi connectivity index (χ1v) is 6.54. The summed E-state index contributed by atoms with van der Waals surface area (Å²) in [5.41, 5.74) is 1.95. The van der Waals surface area contributed by atoms with E-state index in [1.165, 1.54) is 10.2 Å². The van der Waals surface area contributed by atoms with Crippen LogP contribution in [0.4, 0.5) is 0 Å². The lowest BCUT2D eigenvalue weighted by atomic mass is 10.1. The second-order valence-corrected chi connectivity index (χ2v) is 4.52. The maximum Gasteiger partial charge on any atom is 0.266 e. The van der Waals surface area contributed by atoms with Gasteiger partial charge in [-0.15, -0.1) is 0 Å². The second-order valence-electron chi connectivity index (χ2n) is 4.52. The van der Waals surface area contributed by atoms with Crippen LogP contribution in [0.25, 0.3) is 0 Å². The van der Waals surface area contributed by atoms with E-state index in [2.05, 4.69) is 29.5 Å². The van der Waals surface area contributed by atoms with Crippen LogP contribution in [0.2, 0.25) is 0 Å². The van der Waals surface area contributed by atoms with Gasteiger partial charge in [0.2, 0.25) is 0 Å². The van der Waals surface area contributed by atoms with Crippen molar-refractivity contribution in [2.45, 2.75) is 26.4 Å². The highest BCUT2D eigenvalue weighted by Crippen LogP contribution is 2.13. The number of rotatable bonds is 5. The first kappa shape index (κ1) is 13.5. The Morgan fingerprint density at radius 1 is 1.21 bits per heavy atom. The fourth-order valence-electron chi connectivity index (χ4n) is 2.07. The average molecular weight is 257 g/mol. The van der Waals surface area contributed by atoms with Gasteiger partial charge < -0.3 is 5.32 Å². The summed E-state index contributed by atoms with van der Waals surface area (Å²) in [6.07, 6.45) is 0. The van der Waals surface area contributed by atoms with Crippen molar-refractivity contribution >= 4 is 0 Å². The summed E-state index contributed by atoms with van der Waals surface area (Å²) in [7, 11) is 0. The molecule has 1 heterocycles. The molecule has 0 amide bonds. The molecule has 0 fully saturated rings. The van der Waals surface area contributed by atoms with Gasteiger partial charge in [0, 0.05) is 6.07 Å². The molecule has 4 nitrogen and oxygen atoms in total. The Bertz CT molecular complexity index is 577. The first-order valence-electron chi connectivity index (χ1n) is 6.54. The standard InChI is InChI=1S/C15H19N3O/c1-3-16-14(13-7-5-4-6-8-13)11-18-15(19)10-9-12(2)17-18/h4-10,14,16H,3,11H2,1-2H3. The maximum absolute atomic E-state index is 11.8. The third kappa shape index (κ3) is 3.51. The van der Waals surface area contributed by atoms with Crippen molar-refractivity contribution in [3.05, 3.63) is 64.1 Å². The second kappa shape index (κ2) is 6.29. The number of nitrogens with zero attached hydrogens (tertiary/aromatic N) is 2. The highest BCUT2D eigenvalue weighted by Gasteiger charge is 2.12. The zero-order chi connectivity index (χ0) is 13.7. The van der Waals surface area contributed by atoms with Crippen LogP contribution in [0.1, 0.15) is 24.2 Å². The van der Waals surface area contributed by atoms with Crippen molar-refractivity contribution in [2.24, 2.45) is 0 Å². The lowest BCUT2D eigenvalue weighted by Crippen LogP contribution is -2.31. The number of hydrogen-bond donors (Lipinski definition) is 1. The van der Waals surface area contributed by atoms with Gasteiger partial charge in [-0.05, 0) is 25.1 Å². The van der Waals surface area contributed by atoms with Gasteiger partial charge in [0.05, 0.1) is 18.3 Å². The molecule has 0 saturated carbocycles. The molecule has 0 aliphatic carbocycles. The first-order chi connectivity index (χ1) is 9.20. The van der Waals surface area contributed by atoms with E-state index < -0.39 is 0 Å². The average Bonchev–Trinajstić information content (AvgIpc) is 2.43. The molecule has 0 aliphatic heterocycles. The molecule has 0 bridgehead atoms. The van der Waals surface area contributed by atoms with E-state index in [-0.39, 0.29) is 11.6 Å². The molecule has 0 radical (unpaired) electrons. The van der Waals surface area contributed by atoms with Crippen molar-refractivity contribution in [1.82, 2.24) is 15.1 Å². The summed E-state index contributed by atoms with van der Waals surface area (Å²) in [6.45, 7) is 5.33. The number of aryl methyl sites for hydroxylation is 1. The topological polar surface area (TPSA) is 46.9 Å². The van der Waals surface area contributed by atoms with Gasteiger partial charge in [-0.25, -0.2) is 4.68 Å². The number of likely N-dealkylation sites (N-methyl/N-ethyl adjacent to an activating group) is 1. The largest absolute Gasteiger partial charge is 0.309 e. The Morgan fingerprint density at radius 2 is 1.95 bits per heavy atom. The van der Waals surface area contributed by atoms with E-state index in [0.717, 1.165) is 12.2 Å². The summed E-state index contributed by atoms with van der Waals surface area (Å²) < 4.78 is 1.52. The quantitative estimate of drug-likeness (QED) is 0.890. The van der Waals surface area contributed by atoms with Gasteiger partial charge >= 0.3 is 0 Å². The molecular weight excluding hydrogens is 238 g/mol. The molecule has 0 saturated heterocycles. The highest BCUT2D eigenvalue weighted by molar-refractivity contribution is 5.18. The summed E-state index contributed by atoms with van der Waals surface area (Å²) >= 11 is 0. The molecule has 1 aromatic carbocycles. The third-order valence-corrected chi connectivity index (χ3v) is 3.01. The minimum Gasteiger partial charge on any atom is -0.309 e. The van der Waals surface area contributed by atoms with Crippen molar-refractivity contribution < 1.29 is 0 Å². The zero-order valence-corrected chi connectivity index (χ0v) is 11.3.